The smallest absolute Gasteiger partial charge is 0.248 e. The second-order valence-corrected chi connectivity index (χ2v) is 11.3. The number of hydrogen-bond donors (Lipinski definition) is 1. The van der Waals surface area contributed by atoms with Crippen LogP contribution in [0.25, 0.3) is 0 Å². The zero-order chi connectivity index (χ0) is 27.8. The van der Waals surface area contributed by atoms with Gasteiger partial charge >= 0.3 is 0 Å². The summed E-state index contributed by atoms with van der Waals surface area (Å²) in [5.41, 5.74) is 1.75. The van der Waals surface area contributed by atoms with Gasteiger partial charge in [-0.05, 0) is 63.8 Å². The molecule has 9 heteroatoms. The first-order valence-electron chi connectivity index (χ1n) is 13.7. The zero-order valence-corrected chi connectivity index (χ0v) is 25.7. The molecule has 0 saturated carbocycles. The van der Waals surface area contributed by atoms with Crippen molar-refractivity contribution in [2.45, 2.75) is 72.4 Å². The van der Waals surface area contributed by atoms with Crippen molar-refractivity contribution in [3.05, 3.63) is 34.8 Å². The van der Waals surface area contributed by atoms with E-state index in [4.69, 9.17) is 9.47 Å². The van der Waals surface area contributed by atoms with Gasteiger partial charge in [0.05, 0.1) is 24.2 Å². The number of ether oxygens (including phenoxy) is 2. The molecule has 7 nitrogen and oxygen atoms in total. The third-order valence-corrected chi connectivity index (χ3v) is 9.18. The summed E-state index contributed by atoms with van der Waals surface area (Å²) in [5.74, 6) is 0.491. The molecule has 1 heterocycles. The van der Waals surface area contributed by atoms with Crippen molar-refractivity contribution in [1.29, 1.82) is 0 Å². The van der Waals surface area contributed by atoms with Crippen LogP contribution in [0.3, 0.4) is 0 Å². The monoisotopic (exact) mass is 557 g/mol. The molecule has 0 bridgehead atoms. The van der Waals surface area contributed by atoms with Crippen LogP contribution in [0.4, 0.5) is 0 Å². The van der Waals surface area contributed by atoms with Gasteiger partial charge in [0.25, 0.3) is 0 Å². The number of likely N-dealkylation sites (tertiary alicyclic amines) is 1. The summed E-state index contributed by atoms with van der Waals surface area (Å²) in [6.07, 6.45) is 8.00. The minimum absolute atomic E-state index is 0.0273. The number of thiol groups is 1. The Labute approximate surface area is 234 Å². The predicted octanol–water partition coefficient (Wildman–Crippen LogP) is 4.45. The van der Waals surface area contributed by atoms with Gasteiger partial charge in [0.1, 0.15) is 17.6 Å². The van der Waals surface area contributed by atoms with Crippen LogP contribution in [0, 0.1) is 0 Å². The molecule has 2 atom stereocenters. The van der Waals surface area contributed by atoms with E-state index in [1.54, 1.807) is 13.2 Å². The molecule has 1 aliphatic rings. The minimum Gasteiger partial charge on any atom is -0.381 e. The minimum atomic E-state index is -1.43. The number of amides is 1. The van der Waals surface area contributed by atoms with E-state index in [2.05, 4.69) is 38.0 Å². The molecule has 0 aromatic carbocycles. The van der Waals surface area contributed by atoms with Crippen molar-refractivity contribution in [2.24, 2.45) is 0 Å². The lowest BCUT2D eigenvalue weighted by Gasteiger charge is -2.38. The number of hydrogen-bond acceptors (Lipinski definition) is 6. The Morgan fingerprint density at radius 2 is 1.81 bits per heavy atom. The van der Waals surface area contributed by atoms with E-state index in [1.165, 1.54) is 0 Å². The van der Waals surface area contributed by atoms with E-state index in [0.717, 1.165) is 67.9 Å². The van der Waals surface area contributed by atoms with Gasteiger partial charge in [-0.15, -0.1) is 0 Å². The summed E-state index contributed by atoms with van der Waals surface area (Å²) in [6, 6.07) is 0.362. The average Bonchev–Trinajstić information content (AvgIpc) is 2.91. The lowest BCUT2D eigenvalue weighted by molar-refractivity contribution is -0.138. The van der Waals surface area contributed by atoms with Crippen molar-refractivity contribution in [1.82, 2.24) is 14.1 Å². The van der Waals surface area contributed by atoms with Gasteiger partial charge < -0.3 is 19.3 Å². The van der Waals surface area contributed by atoms with Crippen molar-refractivity contribution < 1.29 is 18.5 Å². The van der Waals surface area contributed by atoms with E-state index < -0.39 is 11.0 Å². The molecule has 1 fully saturated rings. The molecular weight excluding hydrogens is 506 g/mol. The Morgan fingerprint density at radius 3 is 2.30 bits per heavy atom. The van der Waals surface area contributed by atoms with E-state index in [0.29, 0.717) is 24.9 Å². The topological polar surface area (TPSA) is 62.3 Å². The van der Waals surface area contributed by atoms with E-state index in [-0.39, 0.29) is 25.2 Å². The van der Waals surface area contributed by atoms with Gasteiger partial charge in [0, 0.05) is 38.5 Å². The van der Waals surface area contributed by atoms with Crippen LogP contribution in [0.15, 0.2) is 34.8 Å². The number of carbonyl (C=O) groups is 1. The Morgan fingerprint density at radius 1 is 1.19 bits per heavy atom. The van der Waals surface area contributed by atoms with Crippen LogP contribution in [-0.2, 0) is 25.3 Å². The fraction of sp³-hybridized carbons (Fsp3) is 0.750. The van der Waals surface area contributed by atoms with Crippen molar-refractivity contribution in [3.63, 3.8) is 0 Å². The highest BCUT2D eigenvalue weighted by Crippen LogP contribution is 2.24. The molecule has 0 aromatic heterocycles. The molecular formula is C28H51N3O4S2. The molecule has 214 valence electrons. The average molecular weight is 558 g/mol. The number of rotatable bonds is 18. The number of carbonyl (C=O) groups excluding carboxylic acids is 1. The molecule has 1 rings (SSSR count). The standard InChI is InChI=1S/C28H51N3O4S2/c1-8-15-29(16-9-2)25-12-17-30(18-13-25)27(32)21-35-20-26(22-36)31(11-4)37(33)28(23(5)10-3)24(6)14-19-34-7/h10,14,25-26,36H,3,8-9,11-13,15-22H2,1-2,4-7H3/b24-14-,28-23+. The lowest BCUT2D eigenvalue weighted by atomic mass is 10.0. The van der Waals surface area contributed by atoms with Crippen LogP contribution in [0.1, 0.15) is 60.3 Å². The number of methoxy groups -OCH3 is 1. The quantitative estimate of drug-likeness (QED) is 0.199. The molecule has 1 aliphatic heterocycles. The van der Waals surface area contributed by atoms with Crippen molar-refractivity contribution >= 4 is 29.5 Å². The molecule has 0 radical (unpaired) electrons. The van der Waals surface area contributed by atoms with Crippen molar-refractivity contribution in [2.75, 3.05) is 65.4 Å². The van der Waals surface area contributed by atoms with Gasteiger partial charge in [0.15, 0.2) is 0 Å². The second kappa shape index (κ2) is 19.1. The summed E-state index contributed by atoms with van der Waals surface area (Å²) >= 11 is 4.52. The van der Waals surface area contributed by atoms with Crippen LogP contribution in [0.5, 0.6) is 0 Å². The van der Waals surface area contributed by atoms with E-state index in [9.17, 15) is 9.00 Å². The van der Waals surface area contributed by atoms with Crippen LogP contribution >= 0.6 is 12.6 Å². The summed E-state index contributed by atoms with van der Waals surface area (Å²) in [4.78, 5) is 18.1. The largest absolute Gasteiger partial charge is 0.381 e. The predicted molar refractivity (Wildman–Crippen MR) is 159 cm³/mol. The first kappa shape index (κ1) is 34.1. The first-order valence-corrected chi connectivity index (χ1v) is 15.4. The molecule has 0 N–H and O–H groups in total. The highest BCUT2D eigenvalue weighted by molar-refractivity contribution is 7.87. The Balaban J connectivity index is 2.74. The third kappa shape index (κ3) is 11.0. The first-order chi connectivity index (χ1) is 17.8. The Hall–Kier alpha value is -0.970. The highest BCUT2D eigenvalue weighted by Gasteiger charge is 2.28. The second-order valence-electron chi connectivity index (χ2n) is 9.54. The fourth-order valence-corrected chi connectivity index (χ4v) is 6.75. The van der Waals surface area contributed by atoms with Crippen LogP contribution < -0.4 is 0 Å². The van der Waals surface area contributed by atoms with Gasteiger partial charge in [-0.2, -0.15) is 12.6 Å². The van der Waals surface area contributed by atoms with Gasteiger partial charge in [-0.25, -0.2) is 8.51 Å². The third-order valence-electron chi connectivity index (χ3n) is 6.79. The van der Waals surface area contributed by atoms with E-state index >= 15 is 0 Å². The summed E-state index contributed by atoms with van der Waals surface area (Å²) in [5, 5.41) is 0. The summed E-state index contributed by atoms with van der Waals surface area (Å²) in [6.45, 7) is 19.3. The van der Waals surface area contributed by atoms with Gasteiger partial charge in [0.2, 0.25) is 5.91 Å². The van der Waals surface area contributed by atoms with E-state index in [1.807, 2.05) is 36.1 Å². The molecule has 37 heavy (non-hydrogen) atoms. The number of allylic oxidation sites excluding steroid dienone is 3. The lowest BCUT2D eigenvalue weighted by Crippen LogP contribution is -2.48. The fourth-order valence-electron chi connectivity index (χ4n) is 4.74. The maximum Gasteiger partial charge on any atom is 0.248 e. The Kier molecular flexibility index (Phi) is 17.6. The van der Waals surface area contributed by atoms with Crippen molar-refractivity contribution in [3.8, 4) is 0 Å². The molecule has 1 amide bonds. The molecule has 1 saturated heterocycles. The van der Waals surface area contributed by atoms with Crippen LogP contribution in [-0.4, -0.2) is 102 Å². The maximum absolute atomic E-state index is 13.7. The zero-order valence-electron chi connectivity index (χ0n) is 24.0. The number of nitrogens with zero attached hydrogens (tertiary/aromatic N) is 3. The van der Waals surface area contributed by atoms with Gasteiger partial charge in [-0.3, -0.25) is 4.79 Å². The number of piperidine rings is 1. The number of likely N-dealkylation sites (N-methyl/N-ethyl adjacent to an activating group) is 1. The van der Waals surface area contributed by atoms with Crippen LogP contribution in [0.2, 0.25) is 0 Å². The Bertz CT molecular complexity index is 773. The highest BCUT2D eigenvalue weighted by atomic mass is 32.2. The summed E-state index contributed by atoms with van der Waals surface area (Å²) < 4.78 is 26.6. The SMILES string of the molecule is C=C/C(C)=C(\C(C)=C/COC)S(=O)N(CC)C(CS)COCC(=O)N1CCC(N(CCC)CCC)CC1. The van der Waals surface area contributed by atoms with Gasteiger partial charge in [-0.1, -0.05) is 39.5 Å². The molecule has 0 spiro atoms. The maximum atomic E-state index is 13.7. The molecule has 0 aliphatic carbocycles. The summed E-state index contributed by atoms with van der Waals surface area (Å²) in [7, 11) is 0.202. The molecule has 0 aromatic rings. The normalized spacial score (nSPS) is 17.8. The molecule has 2 unspecified atom stereocenters.